The molecule has 2 rings (SSSR count). The van der Waals surface area contributed by atoms with E-state index >= 15 is 0 Å². The quantitative estimate of drug-likeness (QED) is 0.866. The van der Waals surface area contributed by atoms with E-state index < -0.39 is 0 Å². The molecule has 0 bridgehead atoms. The minimum Gasteiger partial charge on any atom is -0.326 e. The molecule has 1 heterocycles. The van der Waals surface area contributed by atoms with Gasteiger partial charge in [0.25, 0.3) is 0 Å². The summed E-state index contributed by atoms with van der Waals surface area (Å²) in [6.45, 7) is 0.502. The third-order valence-corrected chi connectivity index (χ3v) is 4.28. The van der Waals surface area contributed by atoms with Crippen LogP contribution in [0.1, 0.15) is 24.8 Å². The lowest BCUT2D eigenvalue weighted by atomic mass is 10.1. The number of nitrogens with two attached hydrogens (primary N) is 1. The summed E-state index contributed by atoms with van der Waals surface area (Å²) in [5, 5.41) is 3.09. The van der Waals surface area contributed by atoms with E-state index in [4.69, 9.17) is 5.73 Å². The van der Waals surface area contributed by atoms with Crippen LogP contribution < -0.4 is 11.1 Å². The molecular weight excluding hydrogens is 232 g/mol. The molecule has 1 amide bonds. The SMILES string of the molecule is NCc1cccc(NC(=O)C2CCCCS2)c1. The summed E-state index contributed by atoms with van der Waals surface area (Å²) < 4.78 is 0. The third kappa shape index (κ3) is 3.48. The first kappa shape index (κ1) is 12.5. The van der Waals surface area contributed by atoms with Gasteiger partial charge in [-0.25, -0.2) is 0 Å². The maximum Gasteiger partial charge on any atom is 0.237 e. The molecule has 4 heteroatoms. The van der Waals surface area contributed by atoms with Gasteiger partial charge in [-0.1, -0.05) is 18.6 Å². The summed E-state index contributed by atoms with van der Waals surface area (Å²) in [4.78, 5) is 12.0. The Morgan fingerprint density at radius 3 is 3.06 bits per heavy atom. The highest BCUT2D eigenvalue weighted by Crippen LogP contribution is 2.26. The van der Waals surface area contributed by atoms with Gasteiger partial charge in [-0.3, -0.25) is 4.79 Å². The predicted molar refractivity (Wildman–Crippen MR) is 73.1 cm³/mol. The summed E-state index contributed by atoms with van der Waals surface area (Å²) in [7, 11) is 0. The van der Waals surface area contributed by atoms with Gasteiger partial charge in [-0.05, 0) is 36.3 Å². The molecule has 0 aromatic heterocycles. The van der Waals surface area contributed by atoms with Crippen molar-refractivity contribution in [2.45, 2.75) is 31.1 Å². The Hall–Kier alpha value is -1.00. The standard InChI is InChI=1S/C13H18N2OS/c14-9-10-4-3-5-11(8-10)15-13(16)12-6-1-2-7-17-12/h3-5,8,12H,1-2,6-7,9,14H2,(H,15,16). The van der Waals surface area contributed by atoms with Gasteiger partial charge < -0.3 is 11.1 Å². The number of anilines is 1. The normalized spacial score (nSPS) is 19.9. The van der Waals surface area contributed by atoms with Crippen molar-refractivity contribution >= 4 is 23.4 Å². The molecule has 3 nitrogen and oxygen atoms in total. The molecule has 0 spiro atoms. The topological polar surface area (TPSA) is 55.1 Å². The first-order valence-corrected chi connectivity index (χ1v) is 7.06. The molecule has 17 heavy (non-hydrogen) atoms. The Kier molecular flexibility index (Phi) is 4.45. The molecule has 92 valence electrons. The second-order valence-corrected chi connectivity index (χ2v) is 5.56. The molecule has 1 aliphatic heterocycles. The van der Waals surface area contributed by atoms with Crippen molar-refractivity contribution in [2.75, 3.05) is 11.1 Å². The van der Waals surface area contributed by atoms with E-state index in [9.17, 15) is 4.79 Å². The lowest BCUT2D eigenvalue weighted by Gasteiger charge is -2.20. The van der Waals surface area contributed by atoms with Crippen molar-refractivity contribution in [2.24, 2.45) is 5.73 Å². The summed E-state index contributed by atoms with van der Waals surface area (Å²) in [5.41, 5.74) is 7.47. The lowest BCUT2D eigenvalue weighted by molar-refractivity contribution is -0.115. The van der Waals surface area contributed by atoms with E-state index in [1.165, 1.54) is 6.42 Å². The van der Waals surface area contributed by atoms with Crippen LogP contribution in [0.4, 0.5) is 5.69 Å². The second-order valence-electron chi connectivity index (χ2n) is 4.25. The Morgan fingerprint density at radius 1 is 1.47 bits per heavy atom. The number of rotatable bonds is 3. The van der Waals surface area contributed by atoms with Gasteiger partial charge in [0.1, 0.15) is 0 Å². The van der Waals surface area contributed by atoms with Crippen molar-refractivity contribution in [3.63, 3.8) is 0 Å². The smallest absolute Gasteiger partial charge is 0.237 e. The van der Waals surface area contributed by atoms with Gasteiger partial charge in [0.2, 0.25) is 5.91 Å². The van der Waals surface area contributed by atoms with Gasteiger partial charge in [0.05, 0.1) is 5.25 Å². The van der Waals surface area contributed by atoms with E-state index in [0.29, 0.717) is 6.54 Å². The zero-order valence-electron chi connectivity index (χ0n) is 9.82. The number of nitrogens with one attached hydrogen (secondary N) is 1. The number of benzene rings is 1. The number of hydrogen-bond acceptors (Lipinski definition) is 3. The molecule has 1 aromatic carbocycles. The summed E-state index contributed by atoms with van der Waals surface area (Å²) >= 11 is 1.76. The Labute approximate surface area is 106 Å². The van der Waals surface area contributed by atoms with Crippen LogP contribution in [0, 0.1) is 0 Å². The highest BCUT2D eigenvalue weighted by Gasteiger charge is 2.21. The largest absolute Gasteiger partial charge is 0.326 e. The highest BCUT2D eigenvalue weighted by atomic mass is 32.2. The van der Waals surface area contributed by atoms with Crippen LogP contribution in [0.5, 0.6) is 0 Å². The fourth-order valence-electron chi connectivity index (χ4n) is 1.95. The highest BCUT2D eigenvalue weighted by molar-refractivity contribution is 8.00. The molecule has 0 aliphatic carbocycles. The molecule has 1 unspecified atom stereocenters. The van der Waals surface area contributed by atoms with Crippen molar-refractivity contribution < 1.29 is 4.79 Å². The molecule has 1 atom stereocenters. The second kappa shape index (κ2) is 6.07. The van der Waals surface area contributed by atoms with E-state index in [1.807, 2.05) is 24.3 Å². The average molecular weight is 250 g/mol. The number of amides is 1. The van der Waals surface area contributed by atoms with Crippen molar-refractivity contribution in [1.29, 1.82) is 0 Å². The van der Waals surface area contributed by atoms with Crippen molar-refractivity contribution in [3.8, 4) is 0 Å². The zero-order chi connectivity index (χ0) is 12.1. The van der Waals surface area contributed by atoms with Gasteiger partial charge in [-0.15, -0.1) is 11.8 Å². The first-order valence-electron chi connectivity index (χ1n) is 6.01. The van der Waals surface area contributed by atoms with Crippen LogP contribution in [0.2, 0.25) is 0 Å². The van der Waals surface area contributed by atoms with Crippen LogP contribution >= 0.6 is 11.8 Å². The summed E-state index contributed by atoms with van der Waals surface area (Å²) in [6.07, 6.45) is 3.39. The van der Waals surface area contributed by atoms with Crippen LogP contribution in [0.3, 0.4) is 0 Å². The number of carbonyl (C=O) groups is 1. The molecule has 3 N–H and O–H groups in total. The number of thioether (sulfide) groups is 1. The monoisotopic (exact) mass is 250 g/mol. The Bertz CT molecular complexity index is 389. The van der Waals surface area contributed by atoms with Crippen LogP contribution in [-0.4, -0.2) is 16.9 Å². The summed E-state index contributed by atoms with van der Waals surface area (Å²) in [6, 6.07) is 7.73. The van der Waals surface area contributed by atoms with E-state index in [2.05, 4.69) is 5.32 Å². The minimum atomic E-state index is 0.116. The Balaban J connectivity index is 1.96. The molecule has 0 radical (unpaired) electrons. The minimum absolute atomic E-state index is 0.116. The van der Waals surface area contributed by atoms with Crippen LogP contribution in [0.25, 0.3) is 0 Å². The molecule has 0 saturated carbocycles. The fraction of sp³-hybridized carbons (Fsp3) is 0.462. The zero-order valence-corrected chi connectivity index (χ0v) is 10.6. The fourth-order valence-corrected chi connectivity index (χ4v) is 3.15. The molecule has 1 saturated heterocycles. The van der Waals surface area contributed by atoms with Gasteiger partial charge in [0.15, 0.2) is 0 Å². The van der Waals surface area contributed by atoms with Gasteiger partial charge in [0, 0.05) is 12.2 Å². The Morgan fingerprint density at radius 2 is 2.35 bits per heavy atom. The van der Waals surface area contributed by atoms with Gasteiger partial charge >= 0.3 is 0 Å². The van der Waals surface area contributed by atoms with E-state index in [1.54, 1.807) is 11.8 Å². The maximum atomic E-state index is 12.0. The average Bonchev–Trinajstić information content (AvgIpc) is 2.40. The first-order chi connectivity index (χ1) is 8.29. The molecule has 1 aromatic rings. The predicted octanol–water partition coefficient (Wildman–Crippen LogP) is 2.37. The third-order valence-electron chi connectivity index (χ3n) is 2.90. The van der Waals surface area contributed by atoms with E-state index in [-0.39, 0.29) is 11.2 Å². The number of carbonyl (C=O) groups excluding carboxylic acids is 1. The van der Waals surface area contributed by atoms with Crippen LogP contribution in [0.15, 0.2) is 24.3 Å². The molecule has 1 fully saturated rings. The summed E-state index contributed by atoms with van der Waals surface area (Å²) in [5.74, 6) is 1.23. The van der Waals surface area contributed by atoms with Crippen molar-refractivity contribution in [1.82, 2.24) is 0 Å². The van der Waals surface area contributed by atoms with E-state index in [0.717, 1.165) is 29.8 Å². The van der Waals surface area contributed by atoms with Crippen molar-refractivity contribution in [3.05, 3.63) is 29.8 Å². The molecule has 1 aliphatic rings. The van der Waals surface area contributed by atoms with Gasteiger partial charge in [-0.2, -0.15) is 0 Å². The number of hydrogen-bond donors (Lipinski definition) is 2. The maximum absolute atomic E-state index is 12.0. The van der Waals surface area contributed by atoms with Crippen LogP contribution in [-0.2, 0) is 11.3 Å². The lowest BCUT2D eigenvalue weighted by Crippen LogP contribution is -2.27. The molecular formula is C13H18N2OS.